The first-order valence-corrected chi connectivity index (χ1v) is 23.2. The maximum Gasteiger partial charge on any atom is 0.415 e. The van der Waals surface area contributed by atoms with Crippen molar-refractivity contribution in [3.8, 4) is 5.75 Å². The first-order valence-electron chi connectivity index (χ1n) is 23.2. The summed E-state index contributed by atoms with van der Waals surface area (Å²) in [6, 6.07) is 21.2. The van der Waals surface area contributed by atoms with Gasteiger partial charge in [-0.3, -0.25) is 24.0 Å². The molecule has 2 aliphatic heterocycles. The highest BCUT2D eigenvalue weighted by atomic mass is 16.6. The summed E-state index contributed by atoms with van der Waals surface area (Å²) in [5.74, 6) is -1.26. The highest BCUT2D eigenvalue weighted by Gasteiger charge is 2.31. The van der Waals surface area contributed by atoms with Crippen LogP contribution in [0.1, 0.15) is 52.1 Å². The van der Waals surface area contributed by atoms with Gasteiger partial charge in [-0.25, -0.2) is 9.59 Å². The van der Waals surface area contributed by atoms with E-state index in [1.54, 1.807) is 64.4 Å². The van der Waals surface area contributed by atoms with Crippen LogP contribution < -0.4 is 52.6 Å². The fourth-order valence-corrected chi connectivity index (χ4v) is 8.33. The van der Waals surface area contributed by atoms with E-state index in [0.717, 1.165) is 36.0 Å². The van der Waals surface area contributed by atoms with Crippen molar-refractivity contribution in [2.24, 2.45) is 5.73 Å². The number of aromatic amines is 1. The number of piperazine rings is 1. The number of nitrogens with two attached hydrogens (primary N) is 1. The van der Waals surface area contributed by atoms with E-state index in [9.17, 15) is 33.6 Å². The van der Waals surface area contributed by atoms with Gasteiger partial charge in [-0.05, 0) is 106 Å². The fourth-order valence-electron chi connectivity index (χ4n) is 8.33. The smallest absolute Gasteiger partial charge is 0.409 e. The summed E-state index contributed by atoms with van der Waals surface area (Å²) in [5, 5.41) is 22.0. The number of ether oxygens (including phenoxy) is 1. The summed E-state index contributed by atoms with van der Waals surface area (Å²) >= 11 is 0. The number of carbonyl (C=O) groups is 7. The zero-order chi connectivity index (χ0) is 48.9. The largest absolute Gasteiger partial charge is 0.415 e. The zero-order valence-electron chi connectivity index (χ0n) is 38.9. The minimum absolute atomic E-state index is 0.0786. The number of primary amides is 1. The number of amides is 8. The normalized spacial score (nSPS) is 13.9. The topological polar surface area (TPSA) is 264 Å². The highest BCUT2D eigenvalue weighted by Crippen LogP contribution is 2.41. The standard InChI is InChI=1S/C49H60N12O8/c1-51-18-6-10-43(62)53-21-20-52-30-44(63)58-39(9-5-19-54-48(50)67)46(65)55-33-13-11-31(12-14-33)45(64)56-34-15-16-38-32(27-34)28-40(57-38)47(66)61-22-17-36-35-7-3-4-8-37(35)42(29-41(36)61)69-49(68)60-25-23-59(2)24-26-60/h3-4,7-8,11-16,27-29,39,51-52,57H,5-6,9-10,17-26,30H2,1-2H3,(H,53,62)(H,55,65)(H,56,64)(H,58,63)(H3,50,54,67)/t39-/m0/s1. The van der Waals surface area contributed by atoms with Crippen LogP contribution in [0.5, 0.6) is 5.75 Å². The van der Waals surface area contributed by atoms with E-state index in [4.69, 9.17) is 10.5 Å². The second-order valence-electron chi connectivity index (χ2n) is 17.1. The summed E-state index contributed by atoms with van der Waals surface area (Å²) in [7, 11) is 3.84. The molecule has 5 aromatic rings. The molecule has 0 unspecified atom stereocenters. The van der Waals surface area contributed by atoms with Crippen molar-refractivity contribution in [2.45, 2.75) is 38.1 Å². The predicted molar refractivity (Wildman–Crippen MR) is 264 cm³/mol. The van der Waals surface area contributed by atoms with Crippen molar-refractivity contribution in [2.75, 3.05) is 95.1 Å². The van der Waals surface area contributed by atoms with Gasteiger partial charge < -0.3 is 67.4 Å². The Balaban J connectivity index is 0.946. The first kappa shape index (κ1) is 49.4. The van der Waals surface area contributed by atoms with Crippen LogP contribution in [0.4, 0.5) is 26.7 Å². The molecule has 1 atom stereocenters. The van der Waals surface area contributed by atoms with E-state index >= 15 is 0 Å². The number of nitrogens with zero attached hydrogens (tertiary/aromatic N) is 3. The molecule has 69 heavy (non-hydrogen) atoms. The molecule has 8 amide bonds. The summed E-state index contributed by atoms with van der Waals surface area (Å²) in [6.45, 7) is 4.64. The molecule has 0 saturated carbocycles. The van der Waals surface area contributed by atoms with E-state index < -0.39 is 35.9 Å². The molecular formula is C49H60N12O8. The lowest BCUT2D eigenvalue weighted by Gasteiger charge is -2.31. The van der Waals surface area contributed by atoms with Crippen molar-refractivity contribution >= 4 is 80.4 Å². The van der Waals surface area contributed by atoms with Gasteiger partial charge in [-0.2, -0.15) is 0 Å². The van der Waals surface area contributed by atoms with E-state index in [1.807, 2.05) is 38.4 Å². The maximum atomic E-state index is 14.2. The molecule has 0 spiro atoms. The average molecular weight is 945 g/mol. The van der Waals surface area contributed by atoms with E-state index in [0.29, 0.717) is 103 Å². The Bertz CT molecular complexity index is 2680. The Morgan fingerprint density at radius 1 is 0.768 bits per heavy atom. The molecule has 4 aromatic carbocycles. The van der Waals surface area contributed by atoms with Crippen molar-refractivity contribution in [3.05, 3.63) is 95.7 Å². The molecule has 1 saturated heterocycles. The van der Waals surface area contributed by atoms with Gasteiger partial charge in [0.2, 0.25) is 17.7 Å². The number of benzene rings is 4. The molecule has 20 nitrogen and oxygen atoms in total. The molecular weight excluding hydrogens is 885 g/mol. The molecule has 1 aromatic heterocycles. The highest BCUT2D eigenvalue weighted by molar-refractivity contribution is 6.12. The van der Waals surface area contributed by atoms with E-state index in [-0.39, 0.29) is 31.3 Å². The first-order chi connectivity index (χ1) is 33.4. The lowest BCUT2D eigenvalue weighted by Crippen LogP contribution is -2.48. The lowest BCUT2D eigenvalue weighted by atomic mass is 10.0. The maximum absolute atomic E-state index is 14.2. The van der Waals surface area contributed by atoms with E-state index in [2.05, 4.69) is 47.1 Å². The van der Waals surface area contributed by atoms with Crippen molar-refractivity contribution in [1.29, 1.82) is 0 Å². The number of rotatable bonds is 20. The quantitative estimate of drug-likeness (QED) is 0.0512. The van der Waals surface area contributed by atoms with Gasteiger partial charge in [-0.15, -0.1) is 0 Å². The SMILES string of the molecule is CNCCCC(=O)NCCNCC(=O)N[C@@H](CCCNC(N)=O)C(=O)Nc1ccc(C(=O)Nc2ccc3[nH]c(C(=O)N4CCc5c4cc(OC(=O)N4CCN(C)CC4)c4ccccc54)cc3c2)cc1. The second-order valence-corrected chi connectivity index (χ2v) is 17.1. The minimum Gasteiger partial charge on any atom is -0.409 e. The van der Waals surface area contributed by atoms with Gasteiger partial charge in [0.15, 0.2) is 0 Å². The number of likely N-dealkylation sites (N-methyl/N-ethyl adjacent to an activating group) is 1. The number of hydrogen-bond acceptors (Lipinski definition) is 11. The minimum atomic E-state index is -0.953. The Morgan fingerprint density at radius 3 is 2.28 bits per heavy atom. The van der Waals surface area contributed by atoms with Crippen molar-refractivity contribution in [1.82, 2.24) is 41.4 Å². The number of fused-ring (bicyclic) bond motifs is 4. The zero-order valence-corrected chi connectivity index (χ0v) is 38.9. The summed E-state index contributed by atoms with van der Waals surface area (Å²) in [4.78, 5) is 98.9. The van der Waals surface area contributed by atoms with Crippen LogP contribution in [-0.4, -0.2) is 142 Å². The van der Waals surface area contributed by atoms with Gasteiger partial charge in [0.05, 0.1) is 12.2 Å². The molecule has 364 valence electrons. The fraction of sp³-hybridized carbons (Fsp3) is 0.367. The number of carbonyl (C=O) groups excluding carboxylic acids is 7. The Labute approximate surface area is 399 Å². The van der Waals surface area contributed by atoms with Gasteiger partial charge in [0, 0.05) is 98.1 Å². The monoisotopic (exact) mass is 944 g/mol. The van der Waals surface area contributed by atoms with Crippen molar-refractivity contribution in [3.63, 3.8) is 0 Å². The third kappa shape index (κ3) is 13.1. The number of urea groups is 1. The Hall–Kier alpha value is -7.55. The summed E-state index contributed by atoms with van der Waals surface area (Å²) < 4.78 is 6.01. The Morgan fingerprint density at radius 2 is 1.52 bits per heavy atom. The number of hydrogen-bond donors (Lipinski definition) is 9. The van der Waals surface area contributed by atoms with Crippen LogP contribution in [0.15, 0.2) is 78.9 Å². The third-order valence-corrected chi connectivity index (χ3v) is 12.1. The van der Waals surface area contributed by atoms with E-state index in [1.165, 1.54) is 0 Å². The van der Waals surface area contributed by atoms with Gasteiger partial charge >= 0.3 is 12.1 Å². The van der Waals surface area contributed by atoms with Crippen LogP contribution in [-0.2, 0) is 20.8 Å². The molecule has 2 aliphatic rings. The van der Waals surface area contributed by atoms with Gasteiger partial charge in [0.1, 0.15) is 17.5 Å². The second kappa shape index (κ2) is 23.5. The van der Waals surface area contributed by atoms with Crippen LogP contribution in [0, 0.1) is 0 Å². The Kier molecular flexibility index (Phi) is 16.8. The van der Waals surface area contributed by atoms with Gasteiger partial charge in [0.25, 0.3) is 11.8 Å². The molecule has 0 radical (unpaired) electrons. The molecule has 7 rings (SSSR count). The van der Waals surface area contributed by atoms with Crippen LogP contribution >= 0.6 is 0 Å². The van der Waals surface area contributed by atoms with Crippen LogP contribution in [0.2, 0.25) is 0 Å². The molecule has 0 aliphatic carbocycles. The average Bonchev–Trinajstić information content (AvgIpc) is 3.97. The van der Waals surface area contributed by atoms with Crippen molar-refractivity contribution < 1.29 is 38.3 Å². The molecule has 0 bridgehead atoms. The molecule has 20 heteroatoms. The molecule has 3 heterocycles. The number of anilines is 3. The summed E-state index contributed by atoms with van der Waals surface area (Å²) in [5.41, 5.74) is 9.12. The number of aromatic nitrogens is 1. The molecule has 1 fully saturated rings. The summed E-state index contributed by atoms with van der Waals surface area (Å²) in [6.07, 6.45) is 1.88. The van der Waals surface area contributed by atoms with Crippen LogP contribution in [0.3, 0.4) is 0 Å². The van der Waals surface area contributed by atoms with Gasteiger partial charge in [-0.1, -0.05) is 24.3 Å². The van der Waals surface area contributed by atoms with Crippen LogP contribution in [0.25, 0.3) is 21.7 Å². The third-order valence-electron chi connectivity index (χ3n) is 12.1. The lowest BCUT2D eigenvalue weighted by molar-refractivity contribution is -0.126. The number of nitrogens with one attached hydrogen (secondary N) is 8. The predicted octanol–water partition coefficient (Wildman–Crippen LogP) is 3.10. The number of H-pyrrole nitrogens is 1. The molecule has 10 N–H and O–H groups in total.